The molecule has 3 aliphatic rings. The van der Waals surface area contributed by atoms with Crippen LogP contribution in [0, 0.1) is 0 Å². The molecule has 1 aromatic heterocycles. The van der Waals surface area contributed by atoms with Crippen LogP contribution in [-0.4, -0.2) is 11.3 Å². The molecule has 2 heteroatoms. The van der Waals surface area contributed by atoms with Crippen molar-refractivity contribution >= 4 is 44.9 Å². The zero-order chi connectivity index (χ0) is 25.6. The highest BCUT2D eigenvalue weighted by Gasteiger charge is 2.52. The summed E-state index contributed by atoms with van der Waals surface area (Å²) in [4.78, 5) is 0. The van der Waals surface area contributed by atoms with Crippen molar-refractivity contribution in [3.63, 3.8) is 0 Å². The van der Waals surface area contributed by atoms with Gasteiger partial charge in [0.1, 0.15) is 0 Å². The van der Waals surface area contributed by atoms with Crippen molar-refractivity contribution in [1.29, 1.82) is 0 Å². The van der Waals surface area contributed by atoms with Crippen LogP contribution in [0.1, 0.15) is 49.9 Å². The molecule has 9 rings (SSSR count). The summed E-state index contributed by atoms with van der Waals surface area (Å²) in [7, 11) is 0. The second kappa shape index (κ2) is 6.50. The van der Waals surface area contributed by atoms with Crippen LogP contribution >= 0.6 is 0 Å². The van der Waals surface area contributed by atoms with E-state index in [1.54, 1.807) is 5.46 Å². The van der Waals surface area contributed by atoms with Crippen molar-refractivity contribution in [2.24, 2.45) is 0 Å². The Bertz CT molecular complexity index is 2020. The molecule has 1 nitrogen and oxygen atoms in total. The summed E-state index contributed by atoms with van der Waals surface area (Å²) >= 11 is 0. The summed E-state index contributed by atoms with van der Waals surface area (Å²) < 4.78 is 2.61. The Morgan fingerprint density at radius 1 is 0.579 bits per heavy atom. The molecule has 180 valence electrons. The first kappa shape index (κ1) is 21.0. The fourth-order valence-electron chi connectivity index (χ4n) is 8.38. The molecule has 0 saturated carbocycles. The average molecular weight is 485 g/mol. The van der Waals surface area contributed by atoms with Crippen LogP contribution in [0.15, 0.2) is 97.1 Å². The van der Waals surface area contributed by atoms with Crippen molar-refractivity contribution in [3.05, 3.63) is 119 Å². The van der Waals surface area contributed by atoms with Gasteiger partial charge in [-0.15, -0.1) is 0 Å². The van der Waals surface area contributed by atoms with Gasteiger partial charge in [0.05, 0.1) is 11.0 Å². The maximum atomic E-state index is 2.61. The van der Waals surface area contributed by atoms with Crippen molar-refractivity contribution in [1.82, 2.24) is 4.57 Å². The fraction of sp³-hybridized carbons (Fsp3) is 0.167. The molecule has 6 aromatic rings. The van der Waals surface area contributed by atoms with Gasteiger partial charge < -0.3 is 4.57 Å². The second-order valence-corrected chi connectivity index (χ2v) is 12.5. The topological polar surface area (TPSA) is 4.93 Å². The number of fused-ring (bicyclic) bond motifs is 4. The van der Waals surface area contributed by atoms with Gasteiger partial charge in [-0.05, 0) is 62.5 Å². The largest absolute Gasteiger partial charge is 0.310 e. The maximum Gasteiger partial charge on any atom is 0.248 e. The number of nitrogens with zero attached hydrogens (tertiary/aromatic N) is 1. The Kier molecular flexibility index (Phi) is 3.59. The molecule has 3 aliphatic heterocycles. The Labute approximate surface area is 223 Å². The van der Waals surface area contributed by atoms with E-state index in [-0.39, 0.29) is 17.5 Å². The zero-order valence-corrected chi connectivity index (χ0v) is 22.3. The molecule has 4 heterocycles. The standard InChI is InChI=1S/C36H28BN/c1-35(2)24-15-10-16-25-31(24)37-32-26(35)17-11-19-29(32)38-28-18-9-8-14-22(28)30-23(21-12-6-5-7-13-21)20-27(36(25,3)4)33(37)34(30)38/h5-20H,1-4H3. The van der Waals surface area contributed by atoms with Crippen LogP contribution in [0.5, 0.6) is 0 Å². The van der Waals surface area contributed by atoms with Crippen molar-refractivity contribution < 1.29 is 0 Å². The summed E-state index contributed by atoms with van der Waals surface area (Å²) in [5.41, 5.74) is 17.1. The summed E-state index contributed by atoms with van der Waals surface area (Å²) in [5, 5.41) is 2.74. The van der Waals surface area contributed by atoms with E-state index in [9.17, 15) is 0 Å². The summed E-state index contributed by atoms with van der Waals surface area (Å²) in [6, 6.07) is 36.7. The quantitative estimate of drug-likeness (QED) is 0.232. The number of rotatable bonds is 1. The molecule has 0 fully saturated rings. The maximum absolute atomic E-state index is 2.61. The highest BCUT2D eigenvalue weighted by atomic mass is 15.0. The van der Waals surface area contributed by atoms with Gasteiger partial charge in [-0.1, -0.05) is 112 Å². The molecule has 0 amide bonds. The van der Waals surface area contributed by atoms with E-state index in [4.69, 9.17) is 0 Å². The van der Waals surface area contributed by atoms with Gasteiger partial charge >= 0.3 is 0 Å². The molecule has 0 N–H and O–H groups in total. The molecule has 0 atom stereocenters. The van der Waals surface area contributed by atoms with Gasteiger partial charge in [0.2, 0.25) is 6.71 Å². The van der Waals surface area contributed by atoms with E-state index < -0.39 is 0 Å². The van der Waals surface area contributed by atoms with Gasteiger partial charge in [-0.3, -0.25) is 0 Å². The van der Waals surface area contributed by atoms with Gasteiger partial charge in [-0.25, -0.2) is 0 Å². The summed E-state index contributed by atoms with van der Waals surface area (Å²) in [6.45, 7) is 10.0. The molecule has 5 aromatic carbocycles. The number of benzene rings is 5. The Morgan fingerprint density at radius 2 is 1.21 bits per heavy atom. The molecule has 0 bridgehead atoms. The Balaban J connectivity index is 1.61. The predicted molar refractivity (Wildman–Crippen MR) is 162 cm³/mol. The van der Waals surface area contributed by atoms with Gasteiger partial charge in [0.15, 0.2) is 0 Å². The van der Waals surface area contributed by atoms with Crippen molar-refractivity contribution in [2.45, 2.75) is 38.5 Å². The summed E-state index contributed by atoms with van der Waals surface area (Å²) in [6.07, 6.45) is 0. The number of aromatic nitrogens is 1. The minimum atomic E-state index is -0.101. The van der Waals surface area contributed by atoms with E-state index in [0.29, 0.717) is 0 Å². The lowest BCUT2D eigenvalue weighted by atomic mass is 9.26. The first-order valence-electron chi connectivity index (χ1n) is 13.8. The van der Waals surface area contributed by atoms with Crippen LogP contribution in [-0.2, 0) is 10.8 Å². The van der Waals surface area contributed by atoms with Crippen LogP contribution in [0.2, 0.25) is 0 Å². The van der Waals surface area contributed by atoms with Crippen molar-refractivity contribution in [2.75, 3.05) is 0 Å². The number of hydrogen-bond donors (Lipinski definition) is 0. The van der Waals surface area contributed by atoms with Crippen LogP contribution in [0.4, 0.5) is 0 Å². The Hall–Kier alpha value is -4.04. The van der Waals surface area contributed by atoms with E-state index in [1.807, 2.05) is 0 Å². The first-order valence-corrected chi connectivity index (χ1v) is 13.8. The molecule has 0 saturated heterocycles. The fourth-order valence-corrected chi connectivity index (χ4v) is 8.38. The average Bonchev–Trinajstić information content (AvgIpc) is 3.28. The van der Waals surface area contributed by atoms with E-state index >= 15 is 0 Å². The lowest BCUT2D eigenvalue weighted by molar-refractivity contribution is 0.621. The zero-order valence-electron chi connectivity index (χ0n) is 22.3. The Morgan fingerprint density at radius 3 is 1.97 bits per heavy atom. The van der Waals surface area contributed by atoms with E-state index in [2.05, 4.69) is 129 Å². The molecule has 0 aliphatic carbocycles. The normalized spacial score (nSPS) is 16.8. The third-order valence-electron chi connectivity index (χ3n) is 10.1. The number of hydrogen-bond acceptors (Lipinski definition) is 0. The molecule has 38 heavy (non-hydrogen) atoms. The number of para-hydroxylation sites is 1. The third kappa shape index (κ3) is 2.17. The molecule has 0 radical (unpaired) electrons. The van der Waals surface area contributed by atoms with Gasteiger partial charge in [0.25, 0.3) is 0 Å². The smallest absolute Gasteiger partial charge is 0.248 e. The first-order chi connectivity index (χ1) is 18.4. The van der Waals surface area contributed by atoms with E-state index in [1.165, 1.54) is 71.8 Å². The van der Waals surface area contributed by atoms with Crippen LogP contribution < -0.4 is 16.4 Å². The third-order valence-corrected chi connectivity index (χ3v) is 10.1. The predicted octanol–water partition coefficient (Wildman–Crippen LogP) is 6.56. The SMILES string of the molecule is CC1(C)c2cccc3c2B2c4c1cccc4C(C)(C)c1cc(-c4ccccc4)c4c5ccccc5n-3c4c12. The minimum absolute atomic E-state index is 0.0513. The molecular formula is C36H28BN. The van der Waals surface area contributed by atoms with Gasteiger partial charge in [0, 0.05) is 27.3 Å². The van der Waals surface area contributed by atoms with Crippen molar-refractivity contribution in [3.8, 4) is 16.8 Å². The minimum Gasteiger partial charge on any atom is -0.310 e. The molecule has 0 unspecified atom stereocenters. The molecular weight excluding hydrogens is 457 g/mol. The van der Waals surface area contributed by atoms with E-state index in [0.717, 1.165) is 0 Å². The molecule has 0 spiro atoms. The highest BCUT2D eigenvalue weighted by molar-refractivity contribution is 7.00. The summed E-state index contributed by atoms with van der Waals surface area (Å²) in [5.74, 6) is 0. The highest BCUT2D eigenvalue weighted by Crippen LogP contribution is 2.48. The second-order valence-electron chi connectivity index (χ2n) is 12.5. The van der Waals surface area contributed by atoms with Crippen LogP contribution in [0.25, 0.3) is 38.6 Å². The monoisotopic (exact) mass is 485 g/mol. The van der Waals surface area contributed by atoms with Gasteiger partial charge in [-0.2, -0.15) is 0 Å². The van der Waals surface area contributed by atoms with Crippen LogP contribution in [0.3, 0.4) is 0 Å². The lowest BCUT2D eigenvalue weighted by Crippen LogP contribution is -2.68. The lowest BCUT2D eigenvalue weighted by Gasteiger charge is -2.49.